The van der Waals surface area contributed by atoms with Crippen LogP contribution in [0.1, 0.15) is 6.92 Å². The number of carbonyl (C=O) groups is 1. The van der Waals surface area contributed by atoms with Gasteiger partial charge in [0.15, 0.2) is 0 Å². The zero-order valence-corrected chi connectivity index (χ0v) is 8.76. The van der Waals surface area contributed by atoms with E-state index in [-0.39, 0.29) is 6.03 Å². The van der Waals surface area contributed by atoms with Gasteiger partial charge in [-0.2, -0.15) is 0 Å². The first-order valence-corrected chi connectivity index (χ1v) is 4.67. The van der Waals surface area contributed by atoms with Crippen molar-refractivity contribution in [2.24, 2.45) is 0 Å². The number of nitrogens with zero attached hydrogens (tertiary/aromatic N) is 1. The minimum Gasteiger partial charge on any atom is -0.338 e. The summed E-state index contributed by atoms with van der Waals surface area (Å²) in [6.45, 7) is 2.47. The molecule has 0 saturated carbocycles. The largest absolute Gasteiger partial charge is 0.338 e. The number of hydrogen-bond donors (Lipinski definition) is 2. The highest BCUT2D eigenvalue weighted by Gasteiger charge is 2.02. The van der Waals surface area contributed by atoms with Crippen LogP contribution in [0.25, 0.3) is 0 Å². The van der Waals surface area contributed by atoms with E-state index in [1.54, 1.807) is 18.5 Å². The smallest absolute Gasteiger partial charge is 0.319 e. The number of rotatable bonds is 2. The molecule has 1 aromatic heterocycles. The Kier molecular flexibility index (Phi) is 3.70. The Morgan fingerprint density at radius 3 is 3.08 bits per heavy atom. The van der Waals surface area contributed by atoms with Crippen molar-refractivity contribution >= 4 is 27.6 Å². The Morgan fingerprint density at radius 1 is 1.69 bits per heavy atom. The molecule has 0 bridgehead atoms. The van der Waals surface area contributed by atoms with E-state index in [1.165, 1.54) is 0 Å². The molecule has 0 aromatic carbocycles. The van der Waals surface area contributed by atoms with Crippen LogP contribution in [0.3, 0.4) is 0 Å². The molecule has 0 unspecified atom stereocenters. The van der Waals surface area contributed by atoms with Crippen molar-refractivity contribution in [3.63, 3.8) is 0 Å². The molecule has 1 rings (SSSR count). The Bertz CT molecular complexity index is 303. The van der Waals surface area contributed by atoms with E-state index >= 15 is 0 Å². The van der Waals surface area contributed by atoms with E-state index in [0.717, 1.165) is 4.47 Å². The van der Waals surface area contributed by atoms with Gasteiger partial charge in [0, 0.05) is 18.9 Å². The fraction of sp³-hybridized carbons (Fsp3) is 0.250. The maximum atomic E-state index is 11.1. The lowest BCUT2D eigenvalue weighted by Crippen LogP contribution is -2.28. The average molecular weight is 244 g/mol. The van der Waals surface area contributed by atoms with Crippen molar-refractivity contribution in [2.45, 2.75) is 6.92 Å². The third-order valence-corrected chi connectivity index (χ3v) is 1.99. The summed E-state index contributed by atoms with van der Waals surface area (Å²) in [7, 11) is 0. The molecule has 0 saturated heterocycles. The van der Waals surface area contributed by atoms with Crippen LogP contribution in [-0.2, 0) is 0 Å². The van der Waals surface area contributed by atoms with Gasteiger partial charge < -0.3 is 10.6 Å². The predicted molar refractivity (Wildman–Crippen MR) is 54.6 cm³/mol. The molecule has 0 aliphatic heterocycles. The van der Waals surface area contributed by atoms with Crippen LogP contribution in [0, 0.1) is 0 Å². The highest BCUT2D eigenvalue weighted by molar-refractivity contribution is 9.10. The molecule has 1 aromatic rings. The number of carbonyl (C=O) groups excluding carboxylic acids is 1. The summed E-state index contributed by atoms with van der Waals surface area (Å²) in [4.78, 5) is 15.0. The van der Waals surface area contributed by atoms with Crippen LogP contribution >= 0.6 is 15.9 Å². The molecule has 2 N–H and O–H groups in total. The minimum atomic E-state index is -0.214. The van der Waals surface area contributed by atoms with Gasteiger partial charge in [-0.25, -0.2) is 4.79 Å². The monoisotopic (exact) mass is 243 g/mol. The lowest BCUT2D eigenvalue weighted by molar-refractivity contribution is 0.252. The second kappa shape index (κ2) is 4.81. The SMILES string of the molecule is CCNC(=O)Nc1ccncc1Br. The zero-order chi connectivity index (χ0) is 9.68. The molecule has 0 spiro atoms. The second-order valence-electron chi connectivity index (χ2n) is 2.34. The van der Waals surface area contributed by atoms with Gasteiger partial charge in [-0.3, -0.25) is 4.98 Å². The van der Waals surface area contributed by atoms with Crippen molar-refractivity contribution in [2.75, 3.05) is 11.9 Å². The van der Waals surface area contributed by atoms with Crippen LogP contribution in [0.15, 0.2) is 22.9 Å². The Labute approximate surface area is 84.9 Å². The van der Waals surface area contributed by atoms with Crippen molar-refractivity contribution in [1.82, 2.24) is 10.3 Å². The van der Waals surface area contributed by atoms with Crippen molar-refractivity contribution in [1.29, 1.82) is 0 Å². The number of hydrogen-bond acceptors (Lipinski definition) is 2. The summed E-state index contributed by atoms with van der Waals surface area (Å²) < 4.78 is 0.765. The quantitative estimate of drug-likeness (QED) is 0.835. The summed E-state index contributed by atoms with van der Waals surface area (Å²) in [6.07, 6.45) is 3.24. The van der Waals surface area contributed by atoms with Crippen LogP contribution in [0.4, 0.5) is 10.5 Å². The molecule has 4 nitrogen and oxygen atoms in total. The summed E-state index contributed by atoms with van der Waals surface area (Å²) in [5, 5.41) is 5.30. The third kappa shape index (κ3) is 3.02. The molecule has 0 aliphatic rings. The van der Waals surface area contributed by atoms with Gasteiger partial charge in [-0.1, -0.05) is 0 Å². The van der Waals surface area contributed by atoms with E-state index in [1.807, 2.05) is 6.92 Å². The zero-order valence-electron chi connectivity index (χ0n) is 7.17. The first kappa shape index (κ1) is 9.98. The molecule has 70 valence electrons. The number of aromatic nitrogens is 1. The van der Waals surface area contributed by atoms with E-state index in [0.29, 0.717) is 12.2 Å². The number of anilines is 1. The van der Waals surface area contributed by atoms with Gasteiger partial charge in [-0.05, 0) is 28.9 Å². The van der Waals surface area contributed by atoms with Crippen LogP contribution in [0.5, 0.6) is 0 Å². The van der Waals surface area contributed by atoms with Gasteiger partial charge in [-0.15, -0.1) is 0 Å². The highest BCUT2D eigenvalue weighted by Crippen LogP contribution is 2.19. The molecule has 0 aliphatic carbocycles. The molecule has 5 heteroatoms. The van der Waals surface area contributed by atoms with Crippen LogP contribution in [-0.4, -0.2) is 17.6 Å². The third-order valence-electron chi connectivity index (χ3n) is 1.36. The molecule has 0 radical (unpaired) electrons. The fourth-order valence-corrected chi connectivity index (χ4v) is 1.15. The Morgan fingerprint density at radius 2 is 2.46 bits per heavy atom. The van der Waals surface area contributed by atoms with Gasteiger partial charge in [0.1, 0.15) is 0 Å². The molecule has 13 heavy (non-hydrogen) atoms. The number of nitrogens with one attached hydrogen (secondary N) is 2. The summed E-state index contributed by atoms with van der Waals surface area (Å²) in [5.74, 6) is 0. The Balaban J connectivity index is 2.63. The van der Waals surface area contributed by atoms with E-state index < -0.39 is 0 Å². The lowest BCUT2D eigenvalue weighted by atomic mass is 10.4. The summed E-state index contributed by atoms with van der Waals surface area (Å²) >= 11 is 3.27. The van der Waals surface area contributed by atoms with E-state index in [9.17, 15) is 4.79 Å². The van der Waals surface area contributed by atoms with Gasteiger partial charge >= 0.3 is 6.03 Å². The fourth-order valence-electron chi connectivity index (χ4n) is 0.804. The Hall–Kier alpha value is -1.10. The van der Waals surface area contributed by atoms with Gasteiger partial charge in [0.2, 0.25) is 0 Å². The first-order valence-electron chi connectivity index (χ1n) is 3.88. The number of pyridine rings is 1. The minimum absolute atomic E-state index is 0.214. The van der Waals surface area contributed by atoms with Crippen LogP contribution in [0.2, 0.25) is 0 Å². The molecule has 0 fully saturated rings. The van der Waals surface area contributed by atoms with E-state index in [4.69, 9.17) is 0 Å². The maximum absolute atomic E-state index is 11.1. The standard InChI is InChI=1S/C8H10BrN3O/c1-2-11-8(13)12-7-3-4-10-5-6(7)9/h3-5H,2H2,1H3,(H2,10,11,12,13). The number of halogens is 1. The molecule has 0 atom stereocenters. The normalized spacial score (nSPS) is 9.38. The lowest BCUT2D eigenvalue weighted by Gasteiger charge is -2.06. The highest BCUT2D eigenvalue weighted by atomic mass is 79.9. The topological polar surface area (TPSA) is 54.0 Å². The van der Waals surface area contributed by atoms with Crippen molar-refractivity contribution in [3.8, 4) is 0 Å². The van der Waals surface area contributed by atoms with Gasteiger partial charge in [0.05, 0.1) is 10.2 Å². The molecular formula is C8H10BrN3O. The molecular weight excluding hydrogens is 234 g/mol. The van der Waals surface area contributed by atoms with Crippen molar-refractivity contribution < 1.29 is 4.79 Å². The second-order valence-corrected chi connectivity index (χ2v) is 3.19. The maximum Gasteiger partial charge on any atom is 0.319 e. The predicted octanol–water partition coefficient (Wildman–Crippen LogP) is 1.99. The van der Waals surface area contributed by atoms with Crippen molar-refractivity contribution in [3.05, 3.63) is 22.9 Å². The molecule has 2 amide bonds. The van der Waals surface area contributed by atoms with Gasteiger partial charge in [0.25, 0.3) is 0 Å². The van der Waals surface area contributed by atoms with E-state index in [2.05, 4.69) is 31.5 Å². The molecule has 1 heterocycles. The average Bonchev–Trinajstić information content (AvgIpc) is 2.09. The first-order chi connectivity index (χ1) is 6.24. The number of amides is 2. The number of urea groups is 1. The van der Waals surface area contributed by atoms with Crippen LogP contribution < -0.4 is 10.6 Å². The summed E-state index contributed by atoms with van der Waals surface area (Å²) in [6, 6.07) is 1.51. The summed E-state index contributed by atoms with van der Waals surface area (Å²) in [5.41, 5.74) is 0.709.